The molecule has 2 nitrogen and oxygen atoms in total. The highest BCUT2D eigenvalue weighted by Crippen LogP contribution is 2.34. The SMILES string of the molecule is CC(C)(N)C(C)(C)CN1CCCCc2ccccc21. The Balaban J connectivity index is 2.26. The van der Waals surface area contributed by atoms with E-state index in [4.69, 9.17) is 5.73 Å². The van der Waals surface area contributed by atoms with Crippen molar-refractivity contribution in [2.75, 3.05) is 18.0 Å². The van der Waals surface area contributed by atoms with Crippen LogP contribution in [0.2, 0.25) is 0 Å². The summed E-state index contributed by atoms with van der Waals surface area (Å²) in [6.45, 7) is 11.0. The second-order valence-electron chi connectivity index (χ2n) is 7.11. The van der Waals surface area contributed by atoms with Gasteiger partial charge in [-0.15, -0.1) is 0 Å². The first-order valence-electron chi connectivity index (χ1n) is 7.43. The van der Waals surface area contributed by atoms with Gasteiger partial charge in [-0.25, -0.2) is 0 Å². The molecule has 2 heteroatoms. The number of hydrogen-bond donors (Lipinski definition) is 1. The first-order valence-corrected chi connectivity index (χ1v) is 7.43. The van der Waals surface area contributed by atoms with Crippen LogP contribution in [-0.4, -0.2) is 18.6 Å². The molecule has 1 aliphatic rings. The molecule has 0 saturated heterocycles. The lowest BCUT2D eigenvalue weighted by atomic mass is 9.74. The topological polar surface area (TPSA) is 29.3 Å². The van der Waals surface area contributed by atoms with Crippen molar-refractivity contribution < 1.29 is 0 Å². The second-order valence-corrected chi connectivity index (χ2v) is 7.11. The number of nitrogens with two attached hydrogens (primary N) is 1. The number of nitrogens with zero attached hydrogens (tertiary/aromatic N) is 1. The molecule has 0 aliphatic carbocycles. The Labute approximate surface area is 118 Å². The monoisotopic (exact) mass is 260 g/mol. The quantitative estimate of drug-likeness (QED) is 0.900. The number of aryl methyl sites for hydroxylation is 1. The van der Waals surface area contributed by atoms with Crippen LogP contribution in [0.25, 0.3) is 0 Å². The number of anilines is 1. The average molecular weight is 260 g/mol. The maximum Gasteiger partial charge on any atom is 0.0398 e. The summed E-state index contributed by atoms with van der Waals surface area (Å²) >= 11 is 0. The number of benzene rings is 1. The molecule has 1 heterocycles. The van der Waals surface area contributed by atoms with Gasteiger partial charge in [0.1, 0.15) is 0 Å². The largest absolute Gasteiger partial charge is 0.371 e. The fraction of sp³-hybridized carbons (Fsp3) is 0.647. The molecule has 0 aromatic heterocycles. The maximum absolute atomic E-state index is 6.36. The third-order valence-corrected chi connectivity index (χ3v) is 4.79. The zero-order valence-corrected chi connectivity index (χ0v) is 12.9. The first kappa shape index (κ1) is 14.4. The molecule has 1 aromatic carbocycles. The van der Waals surface area contributed by atoms with E-state index < -0.39 is 0 Å². The minimum atomic E-state index is -0.172. The molecule has 0 bridgehead atoms. The highest BCUT2D eigenvalue weighted by molar-refractivity contribution is 5.54. The Hall–Kier alpha value is -1.02. The van der Waals surface area contributed by atoms with Crippen LogP contribution in [-0.2, 0) is 6.42 Å². The van der Waals surface area contributed by atoms with Crippen LogP contribution in [0.1, 0.15) is 46.1 Å². The summed E-state index contributed by atoms with van der Waals surface area (Å²) in [5.41, 5.74) is 9.18. The summed E-state index contributed by atoms with van der Waals surface area (Å²) in [7, 11) is 0. The van der Waals surface area contributed by atoms with E-state index in [9.17, 15) is 0 Å². The fourth-order valence-corrected chi connectivity index (χ4v) is 2.61. The van der Waals surface area contributed by atoms with Crippen LogP contribution in [0.15, 0.2) is 24.3 Å². The van der Waals surface area contributed by atoms with E-state index in [0.717, 1.165) is 13.1 Å². The molecule has 0 amide bonds. The third kappa shape index (κ3) is 3.11. The van der Waals surface area contributed by atoms with Crippen molar-refractivity contribution >= 4 is 5.69 Å². The molecule has 106 valence electrons. The van der Waals surface area contributed by atoms with E-state index in [1.165, 1.54) is 30.5 Å². The van der Waals surface area contributed by atoms with Gasteiger partial charge in [0.15, 0.2) is 0 Å². The molecule has 0 unspecified atom stereocenters. The Morgan fingerprint density at radius 1 is 1.11 bits per heavy atom. The van der Waals surface area contributed by atoms with Gasteiger partial charge in [0, 0.05) is 24.3 Å². The normalized spacial score (nSPS) is 17.0. The Morgan fingerprint density at radius 3 is 2.47 bits per heavy atom. The standard InChI is InChI=1S/C17H28N2/c1-16(2,17(3,4)18)13-19-12-8-7-10-14-9-5-6-11-15(14)19/h5-6,9,11H,7-8,10,12-13,18H2,1-4H3. The van der Waals surface area contributed by atoms with Crippen molar-refractivity contribution in [2.24, 2.45) is 11.1 Å². The van der Waals surface area contributed by atoms with Crippen LogP contribution >= 0.6 is 0 Å². The minimum Gasteiger partial charge on any atom is -0.371 e. The number of hydrogen-bond acceptors (Lipinski definition) is 2. The van der Waals surface area contributed by atoms with E-state index in [-0.39, 0.29) is 11.0 Å². The Bertz CT molecular complexity index is 429. The predicted octanol–water partition coefficient (Wildman–Crippen LogP) is 3.59. The van der Waals surface area contributed by atoms with Gasteiger partial charge in [-0.3, -0.25) is 0 Å². The van der Waals surface area contributed by atoms with Gasteiger partial charge in [0.2, 0.25) is 0 Å². The van der Waals surface area contributed by atoms with Crippen LogP contribution in [0, 0.1) is 5.41 Å². The molecule has 19 heavy (non-hydrogen) atoms. The summed E-state index contributed by atoms with van der Waals surface area (Å²) in [4.78, 5) is 2.54. The van der Waals surface area contributed by atoms with Gasteiger partial charge in [-0.1, -0.05) is 32.0 Å². The van der Waals surface area contributed by atoms with Crippen LogP contribution in [0.5, 0.6) is 0 Å². The van der Waals surface area contributed by atoms with Crippen molar-refractivity contribution in [1.29, 1.82) is 0 Å². The molecule has 2 N–H and O–H groups in total. The Morgan fingerprint density at radius 2 is 1.79 bits per heavy atom. The molecule has 2 rings (SSSR count). The van der Waals surface area contributed by atoms with Crippen LogP contribution in [0.4, 0.5) is 5.69 Å². The fourth-order valence-electron chi connectivity index (χ4n) is 2.61. The lowest BCUT2D eigenvalue weighted by Crippen LogP contribution is -2.53. The van der Waals surface area contributed by atoms with Gasteiger partial charge >= 0.3 is 0 Å². The molecular formula is C17H28N2. The smallest absolute Gasteiger partial charge is 0.0398 e. The molecule has 0 saturated carbocycles. The van der Waals surface area contributed by atoms with Gasteiger partial charge in [-0.2, -0.15) is 0 Å². The Kier molecular flexibility index (Phi) is 3.91. The van der Waals surface area contributed by atoms with E-state index in [1.54, 1.807) is 0 Å². The molecule has 0 atom stereocenters. The number of rotatable bonds is 3. The van der Waals surface area contributed by atoms with Gasteiger partial charge in [0.25, 0.3) is 0 Å². The van der Waals surface area contributed by atoms with Gasteiger partial charge in [0.05, 0.1) is 0 Å². The first-order chi connectivity index (χ1) is 8.81. The summed E-state index contributed by atoms with van der Waals surface area (Å²) in [5, 5.41) is 0. The molecule has 1 aromatic rings. The van der Waals surface area contributed by atoms with Gasteiger partial charge < -0.3 is 10.6 Å². The van der Waals surface area contributed by atoms with Crippen LogP contribution < -0.4 is 10.6 Å². The maximum atomic E-state index is 6.36. The second kappa shape index (κ2) is 5.16. The molecular weight excluding hydrogens is 232 g/mol. The van der Waals surface area contributed by atoms with Crippen molar-refractivity contribution in [3.8, 4) is 0 Å². The molecule has 0 fully saturated rings. The zero-order chi connectivity index (χ0) is 14.1. The van der Waals surface area contributed by atoms with Crippen LogP contribution in [0.3, 0.4) is 0 Å². The molecule has 0 spiro atoms. The lowest BCUT2D eigenvalue weighted by Gasteiger charge is -2.43. The van der Waals surface area contributed by atoms with E-state index >= 15 is 0 Å². The summed E-state index contributed by atoms with van der Waals surface area (Å²) in [6, 6.07) is 8.84. The number of para-hydroxylation sites is 1. The van der Waals surface area contributed by atoms with Crippen molar-refractivity contribution in [2.45, 2.75) is 52.5 Å². The summed E-state index contributed by atoms with van der Waals surface area (Å²) in [6.07, 6.45) is 3.77. The third-order valence-electron chi connectivity index (χ3n) is 4.79. The van der Waals surface area contributed by atoms with Crippen molar-refractivity contribution in [3.63, 3.8) is 0 Å². The number of fused-ring (bicyclic) bond motifs is 1. The molecule has 0 radical (unpaired) electrons. The lowest BCUT2D eigenvalue weighted by molar-refractivity contribution is 0.207. The minimum absolute atomic E-state index is 0.0877. The van der Waals surface area contributed by atoms with Crippen molar-refractivity contribution in [1.82, 2.24) is 0 Å². The predicted molar refractivity (Wildman–Crippen MR) is 83.6 cm³/mol. The molecule has 1 aliphatic heterocycles. The van der Waals surface area contributed by atoms with Crippen molar-refractivity contribution in [3.05, 3.63) is 29.8 Å². The van der Waals surface area contributed by atoms with E-state index in [0.29, 0.717) is 0 Å². The van der Waals surface area contributed by atoms with Gasteiger partial charge in [-0.05, 0) is 50.2 Å². The highest BCUT2D eigenvalue weighted by Gasteiger charge is 2.35. The average Bonchev–Trinajstić information content (AvgIpc) is 2.50. The van der Waals surface area contributed by atoms with E-state index in [2.05, 4.69) is 56.9 Å². The highest BCUT2D eigenvalue weighted by atomic mass is 15.1. The zero-order valence-electron chi connectivity index (χ0n) is 12.9. The summed E-state index contributed by atoms with van der Waals surface area (Å²) in [5.74, 6) is 0. The summed E-state index contributed by atoms with van der Waals surface area (Å²) < 4.78 is 0. The van der Waals surface area contributed by atoms with E-state index in [1.807, 2.05) is 0 Å².